The van der Waals surface area contributed by atoms with E-state index in [0.717, 1.165) is 20.9 Å². The van der Waals surface area contributed by atoms with Crippen molar-refractivity contribution < 1.29 is 23.9 Å². The number of benzene rings is 2. The molecule has 0 saturated carbocycles. The Morgan fingerprint density at radius 2 is 1.67 bits per heavy atom. The van der Waals surface area contributed by atoms with Gasteiger partial charge in [-0.2, -0.15) is 0 Å². The van der Waals surface area contributed by atoms with Crippen molar-refractivity contribution in [1.29, 1.82) is 0 Å². The Hall–Kier alpha value is -2.90. The molecule has 0 radical (unpaired) electrons. The molecule has 2 heterocycles. The third kappa shape index (κ3) is 3.27. The van der Waals surface area contributed by atoms with Crippen molar-refractivity contribution in [3.63, 3.8) is 0 Å². The molecule has 4 rings (SSSR count). The van der Waals surface area contributed by atoms with Crippen molar-refractivity contribution in [3.8, 4) is 5.75 Å². The normalized spacial score (nSPS) is 16.6. The molecule has 27 heavy (non-hydrogen) atoms. The Labute approximate surface area is 160 Å². The van der Waals surface area contributed by atoms with E-state index < -0.39 is 17.8 Å². The van der Waals surface area contributed by atoms with E-state index in [4.69, 9.17) is 21.1 Å². The minimum absolute atomic E-state index is 0.0404. The summed E-state index contributed by atoms with van der Waals surface area (Å²) in [4.78, 5) is 39.3. The predicted molar refractivity (Wildman–Crippen MR) is 94.7 cm³/mol. The second kappa shape index (κ2) is 7.02. The van der Waals surface area contributed by atoms with Gasteiger partial charge in [-0.1, -0.05) is 41.9 Å². The monoisotopic (exact) mass is 386 g/mol. The first-order valence-corrected chi connectivity index (χ1v) is 8.65. The molecule has 8 heteroatoms. The van der Waals surface area contributed by atoms with E-state index in [-0.39, 0.29) is 19.9 Å². The molecule has 0 spiro atoms. The molecule has 1 fully saturated rings. The molecule has 2 aliphatic heterocycles. The van der Waals surface area contributed by atoms with Crippen LogP contribution in [0.4, 0.5) is 4.79 Å². The van der Waals surface area contributed by atoms with Crippen molar-refractivity contribution in [3.05, 3.63) is 64.2 Å². The van der Waals surface area contributed by atoms with Gasteiger partial charge in [-0.25, -0.2) is 4.79 Å². The zero-order valence-corrected chi connectivity index (χ0v) is 14.9. The molecule has 0 atom stereocenters. The predicted octanol–water partition coefficient (Wildman–Crippen LogP) is 2.70. The first kappa shape index (κ1) is 17.5. The number of ether oxygens (including phenoxy) is 2. The minimum Gasteiger partial charge on any atom is -0.467 e. The average Bonchev–Trinajstić information content (AvgIpc) is 2.87. The van der Waals surface area contributed by atoms with Gasteiger partial charge in [0.1, 0.15) is 5.75 Å². The number of hydrogen-bond donors (Lipinski definition) is 0. The molecule has 1 saturated heterocycles. The van der Waals surface area contributed by atoms with Crippen molar-refractivity contribution >= 4 is 29.4 Å². The lowest BCUT2D eigenvalue weighted by molar-refractivity contribution is -0.143. The number of urea groups is 1. The molecule has 2 aliphatic rings. The molecule has 2 aromatic rings. The van der Waals surface area contributed by atoms with Gasteiger partial charge in [0.25, 0.3) is 0 Å². The quantitative estimate of drug-likeness (QED) is 0.596. The summed E-state index contributed by atoms with van der Waals surface area (Å²) in [5.74, 6) is -1.18. The van der Waals surface area contributed by atoms with Gasteiger partial charge in [-0.05, 0) is 17.7 Å². The maximum Gasteiger partial charge on any atom is 0.334 e. The molecule has 0 aliphatic carbocycles. The number of hydrogen-bond acceptors (Lipinski definition) is 5. The molecule has 138 valence electrons. The Morgan fingerprint density at radius 1 is 0.963 bits per heavy atom. The third-order valence-corrected chi connectivity index (χ3v) is 4.62. The van der Waals surface area contributed by atoms with E-state index in [1.807, 2.05) is 6.07 Å². The second-order valence-electron chi connectivity index (χ2n) is 6.21. The van der Waals surface area contributed by atoms with Crippen LogP contribution in [-0.2, 0) is 34.0 Å². The highest BCUT2D eigenvalue weighted by molar-refractivity contribution is 6.44. The van der Waals surface area contributed by atoms with E-state index in [9.17, 15) is 14.4 Å². The number of carbonyl (C=O) groups is 3. The third-order valence-electron chi connectivity index (χ3n) is 4.40. The minimum atomic E-state index is -0.864. The SMILES string of the molecule is O=C1C(=O)N(Cc2cc(Cl)cc3c2OCOC3)C(=O)N1Cc1ccccc1. The summed E-state index contributed by atoms with van der Waals surface area (Å²) in [5.41, 5.74) is 2.04. The highest BCUT2D eigenvalue weighted by Gasteiger charge is 2.44. The van der Waals surface area contributed by atoms with Crippen LogP contribution in [0, 0.1) is 0 Å². The lowest BCUT2D eigenvalue weighted by Crippen LogP contribution is -2.33. The number of halogens is 1. The largest absolute Gasteiger partial charge is 0.467 e. The smallest absolute Gasteiger partial charge is 0.334 e. The molecular weight excluding hydrogens is 372 g/mol. The van der Waals surface area contributed by atoms with E-state index in [2.05, 4.69) is 0 Å². The standard InChI is InChI=1S/C19H15ClN2O5/c20-15-6-13(16-14(7-15)10-26-11-27-16)9-22-18(24)17(23)21(19(22)25)8-12-4-2-1-3-5-12/h1-7H,8-11H2. The van der Waals surface area contributed by atoms with Crippen molar-refractivity contribution in [1.82, 2.24) is 9.80 Å². The fraction of sp³-hybridized carbons (Fsp3) is 0.211. The summed E-state index contributed by atoms with van der Waals surface area (Å²) >= 11 is 6.13. The van der Waals surface area contributed by atoms with Crippen molar-refractivity contribution in [2.75, 3.05) is 6.79 Å². The number of carbonyl (C=O) groups excluding carboxylic acids is 3. The summed E-state index contributed by atoms with van der Waals surface area (Å²) in [6, 6.07) is 11.7. The molecule has 0 aromatic heterocycles. The molecule has 0 bridgehead atoms. The number of nitrogens with zero attached hydrogens (tertiary/aromatic N) is 2. The van der Waals surface area contributed by atoms with Gasteiger partial charge in [0, 0.05) is 16.1 Å². The zero-order valence-electron chi connectivity index (χ0n) is 14.2. The highest BCUT2D eigenvalue weighted by Crippen LogP contribution is 2.33. The average molecular weight is 387 g/mol. The fourth-order valence-electron chi connectivity index (χ4n) is 3.14. The van der Waals surface area contributed by atoms with Crippen LogP contribution >= 0.6 is 11.6 Å². The Morgan fingerprint density at radius 3 is 2.41 bits per heavy atom. The summed E-state index contributed by atoms with van der Waals surface area (Å²) < 4.78 is 10.7. The van der Waals surface area contributed by atoms with E-state index in [0.29, 0.717) is 22.9 Å². The summed E-state index contributed by atoms with van der Waals surface area (Å²) in [7, 11) is 0. The lowest BCUT2D eigenvalue weighted by atomic mass is 10.1. The Bertz CT molecular complexity index is 931. The van der Waals surface area contributed by atoms with Crippen LogP contribution in [0.15, 0.2) is 42.5 Å². The number of rotatable bonds is 4. The summed E-state index contributed by atoms with van der Waals surface area (Å²) in [6.45, 7) is 0.336. The van der Waals surface area contributed by atoms with Gasteiger partial charge in [-0.15, -0.1) is 0 Å². The molecule has 0 N–H and O–H groups in total. The molecule has 7 nitrogen and oxygen atoms in total. The highest BCUT2D eigenvalue weighted by atomic mass is 35.5. The molecular formula is C19H15ClN2O5. The number of imide groups is 2. The van der Waals surface area contributed by atoms with Gasteiger partial charge in [0.05, 0.1) is 19.7 Å². The van der Waals surface area contributed by atoms with Crippen LogP contribution in [0.1, 0.15) is 16.7 Å². The molecule has 0 unspecified atom stereocenters. The topological polar surface area (TPSA) is 76.1 Å². The number of fused-ring (bicyclic) bond motifs is 1. The van der Waals surface area contributed by atoms with Crippen LogP contribution in [0.25, 0.3) is 0 Å². The second-order valence-corrected chi connectivity index (χ2v) is 6.65. The maximum absolute atomic E-state index is 12.7. The lowest BCUT2D eigenvalue weighted by Gasteiger charge is -2.23. The van der Waals surface area contributed by atoms with Gasteiger partial charge in [0.15, 0.2) is 6.79 Å². The van der Waals surface area contributed by atoms with Gasteiger partial charge >= 0.3 is 17.8 Å². The first-order valence-electron chi connectivity index (χ1n) is 8.27. The maximum atomic E-state index is 12.7. The van der Waals surface area contributed by atoms with Crippen molar-refractivity contribution in [2.45, 2.75) is 19.7 Å². The fourth-order valence-corrected chi connectivity index (χ4v) is 3.40. The van der Waals surface area contributed by atoms with E-state index in [1.54, 1.807) is 36.4 Å². The molecule has 4 amide bonds. The van der Waals surface area contributed by atoms with Gasteiger partial charge < -0.3 is 9.47 Å². The van der Waals surface area contributed by atoms with Crippen LogP contribution in [0.3, 0.4) is 0 Å². The number of amides is 4. The van der Waals surface area contributed by atoms with Crippen molar-refractivity contribution in [2.24, 2.45) is 0 Å². The van der Waals surface area contributed by atoms with Crippen LogP contribution in [-0.4, -0.2) is 34.4 Å². The summed E-state index contributed by atoms with van der Waals surface area (Å²) in [6.07, 6.45) is 0. The zero-order chi connectivity index (χ0) is 19.0. The summed E-state index contributed by atoms with van der Waals surface area (Å²) in [5, 5.41) is 0.435. The van der Waals surface area contributed by atoms with Crippen LogP contribution in [0.5, 0.6) is 5.75 Å². The Kier molecular flexibility index (Phi) is 4.55. The van der Waals surface area contributed by atoms with E-state index >= 15 is 0 Å². The van der Waals surface area contributed by atoms with Crippen LogP contribution < -0.4 is 4.74 Å². The first-order chi connectivity index (χ1) is 13.0. The van der Waals surface area contributed by atoms with E-state index in [1.165, 1.54) is 0 Å². The molecule has 2 aromatic carbocycles. The Balaban J connectivity index is 1.60. The van der Waals surface area contributed by atoms with Gasteiger partial charge in [0.2, 0.25) is 0 Å². The van der Waals surface area contributed by atoms with Gasteiger partial charge in [-0.3, -0.25) is 19.4 Å². The van der Waals surface area contributed by atoms with Crippen LogP contribution in [0.2, 0.25) is 5.02 Å².